The van der Waals surface area contributed by atoms with Gasteiger partial charge in [-0.3, -0.25) is 9.78 Å². The molecule has 2 aromatic heterocycles. The number of hydrogen-bond acceptors (Lipinski definition) is 7. The number of hydrogen-bond donors (Lipinski definition) is 1. The van der Waals surface area contributed by atoms with E-state index in [1.165, 1.54) is 11.8 Å². The maximum atomic E-state index is 12.1. The standard InChI is InChI=1S/C23H20N4O3S/c1-16-4-2-3-5-20(16)23-27-26-22(30-23)14-29-18-8-6-17(7-9-18)25-21(28)15-31-19-10-12-24-13-11-19/h2-13H,14-15H2,1H3,(H,25,28). The van der Waals surface area contributed by atoms with Crippen LogP contribution in [0, 0.1) is 6.92 Å². The first-order valence-corrected chi connectivity index (χ1v) is 10.6. The van der Waals surface area contributed by atoms with E-state index in [1.807, 2.05) is 43.3 Å². The molecule has 156 valence electrons. The van der Waals surface area contributed by atoms with E-state index in [4.69, 9.17) is 9.15 Å². The van der Waals surface area contributed by atoms with E-state index >= 15 is 0 Å². The normalized spacial score (nSPS) is 10.6. The van der Waals surface area contributed by atoms with Crippen LogP contribution in [0.2, 0.25) is 0 Å². The minimum absolute atomic E-state index is 0.0786. The molecule has 1 amide bonds. The van der Waals surface area contributed by atoms with E-state index in [-0.39, 0.29) is 12.5 Å². The lowest BCUT2D eigenvalue weighted by Gasteiger charge is -2.07. The molecule has 0 saturated heterocycles. The van der Waals surface area contributed by atoms with Gasteiger partial charge < -0.3 is 14.5 Å². The highest BCUT2D eigenvalue weighted by Crippen LogP contribution is 2.23. The Morgan fingerprint density at radius 3 is 2.58 bits per heavy atom. The van der Waals surface area contributed by atoms with Crippen LogP contribution < -0.4 is 10.1 Å². The molecule has 4 aromatic rings. The number of anilines is 1. The Morgan fingerprint density at radius 1 is 1.03 bits per heavy atom. The smallest absolute Gasteiger partial charge is 0.254 e. The first-order valence-electron chi connectivity index (χ1n) is 9.61. The van der Waals surface area contributed by atoms with Crippen molar-refractivity contribution in [2.45, 2.75) is 18.4 Å². The fourth-order valence-electron chi connectivity index (χ4n) is 2.79. The van der Waals surface area contributed by atoms with Crippen molar-refractivity contribution in [3.05, 3.63) is 84.5 Å². The van der Waals surface area contributed by atoms with Gasteiger partial charge in [-0.2, -0.15) is 0 Å². The third-order valence-electron chi connectivity index (χ3n) is 4.36. The molecule has 0 atom stereocenters. The largest absolute Gasteiger partial charge is 0.484 e. The minimum atomic E-state index is -0.0786. The summed E-state index contributed by atoms with van der Waals surface area (Å²) in [5, 5.41) is 11.0. The Labute approximate surface area is 183 Å². The molecule has 0 radical (unpaired) electrons. The van der Waals surface area contributed by atoms with E-state index in [2.05, 4.69) is 20.5 Å². The van der Waals surface area contributed by atoms with Crippen molar-refractivity contribution in [2.24, 2.45) is 0 Å². The SMILES string of the molecule is Cc1ccccc1-c1nnc(COc2ccc(NC(=O)CSc3ccncc3)cc2)o1. The third kappa shape index (κ3) is 5.70. The van der Waals surface area contributed by atoms with Gasteiger partial charge >= 0.3 is 0 Å². The van der Waals surface area contributed by atoms with E-state index in [9.17, 15) is 4.79 Å². The molecule has 4 rings (SSSR count). The molecule has 0 fully saturated rings. The van der Waals surface area contributed by atoms with Crippen LogP contribution in [-0.2, 0) is 11.4 Å². The number of aryl methyl sites for hydroxylation is 1. The zero-order chi connectivity index (χ0) is 21.5. The van der Waals surface area contributed by atoms with Crippen molar-refractivity contribution in [2.75, 3.05) is 11.1 Å². The molecule has 1 N–H and O–H groups in total. The summed E-state index contributed by atoms with van der Waals surface area (Å²) < 4.78 is 11.4. The Balaban J connectivity index is 1.27. The van der Waals surface area contributed by atoms with E-state index < -0.39 is 0 Å². The monoisotopic (exact) mass is 432 g/mol. The topological polar surface area (TPSA) is 90.1 Å². The predicted octanol–water partition coefficient (Wildman–Crippen LogP) is 4.75. The lowest BCUT2D eigenvalue weighted by Crippen LogP contribution is -2.13. The maximum Gasteiger partial charge on any atom is 0.254 e. The van der Waals surface area contributed by atoms with Crippen LogP contribution in [0.4, 0.5) is 5.69 Å². The molecule has 0 unspecified atom stereocenters. The number of pyridine rings is 1. The fourth-order valence-corrected chi connectivity index (χ4v) is 3.48. The van der Waals surface area contributed by atoms with Gasteiger partial charge in [0, 0.05) is 28.5 Å². The third-order valence-corrected chi connectivity index (χ3v) is 5.37. The summed E-state index contributed by atoms with van der Waals surface area (Å²) in [6.07, 6.45) is 3.41. The zero-order valence-corrected chi connectivity index (χ0v) is 17.6. The summed E-state index contributed by atoms with van der Waals surface area (Å²) in [6.45, 7) is 2.15. The van der Waals surface area contributed by atoms with E-state index in [1.54, 1.807) is 36.7 Å². The van der Waals surface area contributed by atoms with Crippen LogP contribution in [0.1, 0.15) is 11.5 Å². The first kappa shape index (κ1) is 20.6. The predicted molar refractivity (Wildman–Crippen MR) is 119 cm³/mol. The van der Waals surface area contributed by atoms with Gasteiger partial charge in [-0.15, -0.1) is 22.0 Å². The number of ether oxygens (including phenoxy) is 1. The molecule has 0 aliphatic carbocycles. The molecule has 2 aromatic carbocycles. The molecule has 0 spiro atoms. The molecule has 0 aliphatic rings. The van der Waals surface area contributed by atoms with Gasteiger partial charge in [-0.05, 0) is 55.0 Å². The number of benzene rings is 2. The van der Waals surface area contributed by atoms with Crippen LogP contribution in [0.25, 0.3) is 11.5 Å². The summed E-state index contributed by atoms with van der Waals surface area (Å²) in [6, 6.07) is 18.7. The van der Waals surface area contributed by atoms with Gasteiger partial charge in [-0.25, -0.2) is 0 Å². The maximum absolute atomic E-state index is 12.1. The number of thioether (sulfide) groups is 1. The molecule has 0 bridgehead atoms. The molecular weight excluding hydrogens is 412 g/mol. The highest BCUT2D eigenvalue weighted by Gasteiger charge is 2.11. The highest BCUT2D eigenvalue weighted by molar-refractivity contribution is 8.00. The van der Waals surface area contributed by atoms with Gasteiger partial charge in [0.05, 0.1) is 5.75 Å². The number of carbonyl (C=O) groups is 1. The number of carbonyl (C=O) groups excluding carboxylic acids is 1. The number of nitrogens with zero attached hydrogens (tertiary/aromatic N) is 3. The Bertz CT molecular complexity index is 1150. The van der Waals surface area contributed by atoms with Crippen molar-refractivity contribution in [1.29, 1.82) is 0 Å². The molecular formula is C23H20N4O3S. The molecule has 2 heterocycles. The second kappa shape index (κ2) is 9.90. The van der Waals surface area contributed by atoms with Crippen LogP contribution in [0.3, 0.4) is 0 Å². The van der Waals surface area contributed by atoms with Gasteiger partial charge in [0.2, 0.25) is 11.8 Å². The second-order valence-corrected chi connectivity index (χ2v) is 7.70. The summed E-state index contributed by atoms with van der Waals surface area (Å²) >= 11 is 1.46. The van der Waals surface area contributed by atoms with Gasteiger partial charge in [0.1, 0.15) is 5.75 Å². The lowest BCUT2D eigenvalue weighted by atomic mass is 10.1. The fraction of sp³-hybridized carbons (Fsp3) is 0.130. The Kier molecular flexibility index (Phi) is 6.59. The zero-order valence-electron chi connectivity index (χ0n) is 16.8. The van der Waals surface area contributed by atoms with Crippen molar-refractivity contribution in [3.8, 4) is 17.2 Å². The summed E-state index contributed by atoms with van der Waals surface area (Å²) in [5.41, 5.74) is 2.67. The summed E-state index contributed by atoms with van der Waals surface area (Å²) in [5.74, 6) is 1.75. The molecule has 0 aliphatic heterocycles. The first-order chi connectivity index (χ1) is 15.2. The number of nitrogens with one attached hydrogen (secondary N) is 1. The molecule has 0 saturated carbocycles. The van der Waals surface area contributed by atoms with Crippen LogP contribution in [-0.4, -0.2) is 26.8 Å². The lowest BCUT2D eigenvalue weighted by molar-refractivity contribution is -0.113. The highest BCUT2D eigenvalue weighted by atomic mass is 32.2. The van der Waals surface area contributed by atoms with Gasteiger partial charge in [0.25, 0.3) is 5.89 Å². The molecule has 31 heavy (non-hydrogen) atoms. The number of aromatic nitrogens is 3. The minimum Gasteiger partial charge on any atom is -0.484 e. The second-order valence-electron chi connectivity index (χ2n) is 6.65. The van der Waals surface area contributed by atoms with Crippen molar-refractivity contribution in [1.82, 2.24) is 15.2 Å². The Hall–Kier alpha value is -3.65. The average Bonchev–Trinajstić information content (AvgIpc) is 3.27. The average molecular weight is 433 g/mol. The van der Waals surface area contributed by atoms with Crippen LogP contribution in [0.5, 0.6) is 5.75 Å². The van der Waals surface area contributed by atoms with Crippen molar-refractivity contribution in [3.63, 3.8) is 0 Å². The summed E-state index contributed by atoms with van der Waals surface area (Å²) in [4.78, 5) is 17.1. The van der Waals surface area contributed by atoms with Gasteiger partial charge in [0.15, 0.2) is 6.61 Å². The Morgan fingerprint density at radius 2 is 1.81 bits per heavy atom. The number of amides is 1. The van der Waals surface area contributed by atoms with Gasteiger partial charge in [-0.1, -0.05) is 18.2 Å². The quantitative estimate of drug-likeness (QED) is 0.402. The van der Waals surface area contributed by atoms with Crippen LogP contribution in [0.15, 0.2) is 82.4 Å². The van der Waals surface area contributed by atoms with E-state index in [0.29, 0.717) is 29.0 Å². The van der Waals surface area contributed by atoms with Crippen LogP contribution >= 0.6 is 11.8 Å². The number of rotatable bonds is 8. The van der Waals surface area contributed by atoms with Crippen molar-refractivity contribution >= 4 is 23.4 Å². The van der Waals surface area contributed by atoms with E-state index in [0.717, 1.165) is 16.0 Å². The van der Waals surface area contributed by atoms with Crippen molar-refractivity contribution < 1.29 is 13.9 Å². The molecule has 8 heteroatoms. The molecule has 7 nitrogen and oxygen atoms in total. The summed E-state index contributed by atoms with van der Waals surface area (Å²) in [7, 11) is 0.